The third-order valence-electron chi connectivity index (χ3n) is 6.31. The van der Waals surface area contributed by atoms with E-state index in [1.54, 1.807) is 12.1 Å². The summed E-state index contributed by atoms with van der Waals surface area (Å²) in [7, 11) is -7.28. The van der Waals surface area contributed by atoms with E-state index in [0.717, 1.165) is 0 Å². The first-order valence-electron chi connectivity index (χ1n) is 12.0. The maximum Gasteiger partial charge on any atom is 0.243 e. The SMILES string of the molecule is O=C(NCCOc1ccc(S(=O)(=O)N2CCOCC2)cc1)C1CCCN(S(=O)(=O)c2ccc(Cl)cc2)C1. The van der Waals surface area contributed by atoms with Crippen molar-refractivity contribution < 1.29 is 31.1 Å². The van der Waals surface area contributed by atoms with Crippen LogP contribution in [-0.4, -0.2) is 83.9 Å². The van der Waals surface area contributed by atoms with Crippen molar-refractivity contribution in [2.24, 2.45) is 5.92 Å². The summed E-state index contributed by atoms with van der Waals surface area (Å²) in [6.07, 6.45) is 1.18. The molecule has 0 aromatic heterocycles. The standard InChI is InChI=1S/C24H30ClN3O7S2/c25-20-3-7-22(8-4-20)37(32,33)28-12-1-2-19(18-28)24(29)26-11-15-35-21-5-9-23(10-6-21)36(30,31)27-13-16-34-17-14-27/h3-10,19H,1-2,11-18H2,(H,26,29). The Bertz CT molecular complexity index is 1280. The first-order valence-corrected chi connectivity index (χ1v) is 15.3. The molecule has 10 nitrogen and oxygen atoms in total. The average molecular weight is 572 g/mol. The minimum absolute atomic E-state index is 0.108. The summed E-state index contributed by atoms with van der Waals surface area (Å²) in [6.45, 7) is 2.28. The maximum atomic E-state index is 12.9. The Balaban J connectivity index is 1.24. The highest BCUT2D eigenvalue weighted by molar-refractivity contribution is 7.89. The number of halogens is 1. The van der Waals surface area contributed by atoms with Crippen LogP contribution < -0.4 is 10.1 Å². The van der Waals surface area contributed by atoms with Crippen LogP contribution in [0, 0.1) is 5.92 Å². The predicted octanol–water partition coefficient (Wildman–Crippen LogP) is 1.96. The molecular formula is C24H30ClN3O7S2. The molecule has 202 valence electrons. The van der Waals surface area contributed by atoms with Crippen LogP contribution in [0.1, 0.15) is 12.8 Å². The van der Waals surface area contributed by atoms with E-state index in [9.17, 15) is 21.6 Å². The Kier molecular flexibility index (Phi) is 9.09. The molecule has 2 aromatic carbocycles. The van der Waals surface area contributed by atoms with Crippen LogP contribution in [0.2, 0.25) is 5.02 Å². The van der Waals surface area contributed by atoms with Gasteiger partial charge >= 0.3 is 0 Å². The molecule has 13 heteroatoms. The van der Waals surface area contributed by atoms with Crippen molar-refractivity contribution in [3.05, 3.63) is 53.6 Å². The second kappa shape index (κ2) is 12.1. The van der Waals surface area contributed by atoms with Crippen molar-refractivity contribution in [1.82, 2.24) is 13.9 Å². The number of piperidine rings is 1. The lowest BCUT2D eigenvalue weighted by Crippen LogP contribution is -2.45. The second-order valence-corrected chi connectivity index (χ2v) is 13.1. The second-order valence-electron chi connectivity index (χ2n) is 8.78. The summed E-state index contributed by atoms with van der Waals surface area (Å²) in [6, 6.07) is 12.1. The van der Waals surface area contributed by atoms with Crippen LogP contribution in [0.15, 0.2) is 58.3 Å². The van der Waals surface area contributed by atoms with Gasteiger partial charge in [0, 0.05) is 31.2 Å². The van der Waals surface area contributed by atoms with Crippen LogP contribution in [0.25, 0.3) is 0 Å². The van der Waals surface area contributed by atoms with E-state index in [0.29, 0.717) is 56.5 Å². The fourth-order valence-electron chi connectivity index (χ4n) is 4.26. The Labute approximate surface area is 222 Å². The highest BCUT2D eigenvalue weighted by Crippen LogP contribution is 2.25. The zero-order chi connectivity index (χ0) is 26.5. The van der Waals surface area contributed by atoms with Crippen molar-refractivity contribution in [3.8, 4) is 5.75 Å². The van der Waals surface area contributed by atoms with Gasteiger partial charge in [-0.05, 0) is 61.4 Å². The third kappa shape index (κ3) is 6.81. The van der Waals surface area contributed by atoms with E-state index < -0.39 is 26.0 Å². The Morgan fingerprint density at radius 1 is 0.919 bits per heavy atom. The van der Waals surface area contributed by atoms with Gasteiger partial charge in [0.05, 0.1) is 35.5 Å². The number of carbonyl (C=O) groups is 1. The molecule has 2 heterocycles. The summed E-state index contributed by atoms with van der Waals surface area (Å²) in [4.78, 5) is 13.0. The molecule has 37 heavy (non-hydrogen) atoms. The monoisotopic (exact) mass is 571 g/mol. The summed E-state index contributed by atoms with van der Waals surface area (Å²) in [5, 5.41) is 3.25. The molecule has 0 aliphatic carbocycles. The summed E-state index contributed by atoms with van der Waals surface area (Å²) < 4.78 is 64.9. The number of nitrogens with one attached hydrogen (secondary N) is 1. The number of morpholine rings is 1. The normalized spacial score (nSPS) is 19.9. The minimum Gasteiger partial charge on any atom is -0.492 e. The number of nitrogens with zero attached hydrogens (tertiary/aromatic N) is 2. The first kappa shape index (κ1) is 27.8. The van der Waals surface area contributed by atoms with E-state index in [2.05, 4.69) is 5.32 Å². The Morgan fingerprint density at radius 3 is 2.16 bits per heavy atom. The van der Waals surface area contributed by atoms with E-state index in [1.165, 1.54) is 45.0 Å². The van der Waals surface area contributed by atoms with E-state index in [1.807, 2.05) is 0 Å². The molecule has 2 fully saturated rings. The molecule has 1 amide bonds. The molecule has 0 radical (unpaired) electrons. The van der Waals surface area contributed by atoms with E-state index in [-0.39, 0.29) is 35.4 Å². The Hall–Kier alpha value is -2.22. The largest absolute Gasteiger partial charge is 0.492 e. The van der Waals surface area contributed by atoms with Crippen molar-refractivity contribution >= 4 is 37.6 Å². The number of ether oxygens (including phenoxy) is 2. The quantitative estimate of drug-likeness (QED) is 0.456. The van der Waals surface area contributed by atoms with E-state index in [4.69, 9.17) is 21.1 Å². The number of hydrogen-bond acceptors (Lipinski definition) is 7. The zero-order valence-electron chi connectivity index (χ0n) is 20.2. The van der Waals surface area contributed by atoms with Gasteiger partial charge in [0.2, 0.25) is 26.0 Å². The van der Waals surface area contributed by atoms with E-state index >= 15 is 0 Å². The van der Waals surface area contributed by atoms with Crippen molar-refractivity contribution in [1.29, 1.82) is 0 Å². The van der Waals surface area contributed by atoms with Crippen LogP contribution in [-0.2, 0) is 29.6 Å². The third-order valence-corrected chi connectivity index (χ3v) is 10.4. The van der Waals surface area contributed by atoms with Crippen LogP contribution in [0.3, 0.4) is 0 Å². The topological polar surface area (TPSA) is 122 Å². The average Bonchev–Trinajstić information content (AvgIpc) is 2.92. The predicted molar refractivity (Wildman–Crippen MR) is 137 cm³/mol. The number of carbonyl (C=O) groups excluding carboxylic acids is 1. The van der Waals surface area contributed by atoms with Crippen molar-refractivity contribution in [3.63, 3.8) is 0 Å². The van der Waals surface area contributed by atoms with Gasteiger partial charge in [-0.15, -0.1) is 0 Å². The zero-order valence-corrected chi connectivity index (χ0v) is 22.6. The highest BCUT2D eigenvalue weighted by atomic mass is 35.5. The van der Waals surface area contributed by atoms with Gasteiger partial charge in [-0.25, -0.2) is 16.8 Å². The fourth-order valence-corrected chi connectivity index (χ4v) is 7.32. The smallest absolute Gasteiger partial charge is 0.243 e. The summed E-state index contributed by atoms with van der Waals surface area (Å²) in [5.41, 5.74) is 0. The number of benzene rings is 2. The lowest BCUT2D eigenvalue weighted by molar-refractivity contribution is -0.126. The van der Waals surface area contributed by atoms with Gasteiger partial charge in [0.1, 0.15) is 12.4 Å². The minimum atomic E-state index is -3.71. The summed E-state index contributed by atoms with van der Waals surface area (Å²) >= 11 is 5.86. The van der Waals surface area contributed by atoms with Crippen molar-refractivity contribution in [2.75, 3.05) is 52.5 Å². The van der Waals surface area contributed by atoms with Gasteiger partial charge < -0.3 is 14.8 Å². The molecule has 0 saturated carbocycles. The van der Waals surface area contributed by atoms with Crippen molar-refractivity contribution in [2.45, 2.75) is 22.6 Å². The molecule has 0 spiro atoms. The van der Waals surface area contributed by atoms with Crippen LogP contribution >= 0.6 is 11.6 Å². The number of amides is 1. The van der Waals surface area contributed by atoms with Gasteiger partial charge in [-0.1, -0.05) is 11.6 Å². The molecule has 1 unspecified atom stereocenters. The molecule has 1 atom stereocenters. The Morgan fingerprint density at radius 2 is 1.51 bits per heavy atom. The lowest BCUT2D eigenvalue weighted by Gasteiger charge is -2.31. The molecule has 4 rings (SSSR count). The van der Waals surface area contributed by atoms with Gasteiger partial charge in [-0.2, -0.15) is 8.61 Å². The molecule has 2 saturated heterocycles. The summed E-state index contributed by atoms with van der Waals surface area (Å²) in [5.74, 6) is -0.208. The molecule has 2 aliphatic heterocycles. The molecule has 1 N–H and O–H groups in total. The highest BCUT2D eigenvalue weighted by Gasteiger charge is 2.33. The lowest BCUT2D eigenvalue weighted by atomic mass is 9.99. The van der Waals surface area contributed by atoms with Gasteiger partial charge in [0.15, 0.2) is 0 Å². The fraction of sp³-hybridized carbons (Fsp3) is 0.458. The number of rotatable bonds is 9. The van der Waals surface area contributed by atoms with Crippen LogP contribution in [0.4, 0.5) is 0 Å². The molecule has 2 aliphatic rings. The molecule has 0 bridgehead atoms. The maximum absolute atomic E-state index is 12.9. The molecule has 2 aromatic rings. The van der Waals surface area contributed by atoms with Gasteiger partial charge in [0.25, 0.3) is 0 Å². The molecular weight excluding hydrogens is 542 g/mol. The van der Waals surface area contributed by atoms with Crippen LogP contribution in [0.5, 0.6) is 5.75 Å². The number of hydrogen-bond donors (Lipinski definition) is 1. The number of sulfonamides is 2. The van der Waals surface area contributed by atoms with Gasteiger partial charge in [-0.3, -0.25) is 4.79 Å². The first-order chi connectivity index (χ1) is 17.7.